The molecule has 4 heteroatoms. The van der Waals surface area contributed by atoms with Crippen molar-refractivity contribution in [1.29, 1.82) is 0 Å². The van der Waals surface area contributed by atoms with Gasteiger partial charge < -0.3 is 10.2 Å². The molecule has 0 saturated heterocycles. The quantitative estimate of drug-likeness (QED) is 0.372. The van der Waals surface area contributed by atoms with Gasteiger partial charge in [-0.25, -0.2) is 9.37 Å². The van der Waals surface area contributed by atoms with Crippen LogP contribution in [0.4, 0.5) is 0 Å². The summed E-state index contributed by atoms with van der Waals surface area (Å²) in [6.07, 6.45) is 0. The summed E-state index contributed by atoms with van der Waals surface area (Å²) in [6.45, 7) is 3.48. The van der Waals surface area contributed by atoms with Crippen LogP contribution in [-0.2, 0) is 4.79 Å². The molecule has 0 aromatic carbocycles. The van der Waals surface area contributed by atoms with Gasteiger partial charge in [0.1, 0.15) is 13.3 Å². The maximum atomic E-state index is 9.92. The van der Waals surface area contributed by atoms with E-state index in [1.165, 1.54) is 4.58 Å². The molecule has 52 valence electrons. The van der Waals surface area contributed by atoms with Crippen LogP contribution in [-0.4, -0.2) is 47.2 Å². The lowest BCUT2D eigenvalue weighted by atomic mass is 10.6. The molecule has 0 aromatic rings. The first-order chi connectivity index (χ1) is 4.16. The van der Waals surface area contributed by atoms with E-state index >= 15 is 0 Å². The molecule has 0 fully saturated rings. The van der Waals surface area contributed by atoms with Crippen LogP contribution in [0.25, 0.3) is 0 Å². The van der Waals surface area contributed by atoms with E-state index in [-0.39, 0.29) is 13.2 Å². The highest BCUT2D eigenvalue weighted by Gasteiger charge is 2.04. The van der Waals surface area contributed by atoms with E-state index in [9.17, 15) is 4.79 Å². The largest absolute Gasteiger partial charge is 0.477 e. The minimum absolute atomic E-state index is 0.0587. The van der Waals surface area contributed by atoms with Gasteiger partial charge in [-0.05, 0) is 0 Å². The van der Waals surface area contributed by atoms with Gasteiger partial charge in [0.15, 0.2) is 6.54 Å². The van der Waals surface area contributed by atoms with E-state index in [0.717, 1.165) is 0 Å². The molecule has 0 atom stereocenters. The number of rotatable bonds is 4. The second-order valence-electron chi connectivity index (χ2n) is 1.67. The summed E-state index contributed by atoms with van der Waals surface area (Å²) in [5, 5.41) is 16.4. The highest BCUT2D eigenvalue weighted by molar-refractivity contribution is 5.67. The number of aliphatic hydroxyl groups is 1. The molecular weight excluding hydrogens is 122 g/mol. The van der Waals surface area contributed by atoms with E-state index in [1.807, 2.05) is 0 Å². The van der Waals surface area contributed by atoms with Gasteiger partial charge in [0.2, 0.25) is 6.54 Å². The summed E-state index contributed by atoms with van der Waals surface area (Å²) in [4.78, 5) is 9.92. The Morgan fingerprint density at radius 3 is 2.56 bits per heavy atom. The van der Waals surface area contributed by atoms with Crippen LogP contribution in [0.1, 0.15) is 0 Å². The van der Waals surface area contributed by atoms with Gasteiger partial charge in [0.05, 0.1) is 0 Å². The molecule has 0 aliphatic rings. The third kappa shape index (κ3) is 4.96. The summed E-state index contributed by atoms with van der Waals surface area (Å²) in [5.41, 5.74) is 0. The normalized spacial score (nSPS) is 9.00. The smallest absolute Gasteiger partial charge is 0.369 e. The molecule has 4 nitrogen and oxygen atoms in total. The van der Waals surface area contributed by atoms with Crippen molar-refractivity contribution < 1.29 is 19.6 Å². The van der Waals surface area contributed by atoms with Crippen molar-refractivity contribution in [3.8, 4) is 0 Å². The highest BCUT2D eigenvalue weighted by atomic mass is 16.4. The number of nitrogens with zero attached hydrogens (tertiary/aromatic N) is 1. The van der Waals surface area contributed by atoms with Crippen LogP contribution < -0.4 is 0 Å². The Bertz CT molecular complexity index is 121. The third-order valence-corrected chi connectivity index (χ3v) is 0.775. The summed E-state index contributed by atoms with van der Waals surface area (Å²) >= 11 is 0. The minimum atomic E-state index is -0.932. The molecule has 0 saturated carbocycles. The third-order valence-electron chi connectivity index (χ3n) is 0.775. The van der Waals surface area contributed by atoms with E-state index in [0.29, 0.717) is 6.54 Å². The number of carbonyl (C=O) groups is 1. The highest BCUT2D eigenvalue weighted by Crippen LogP contribution is 1.70. The molecule has 0 radical (unpaired) electrons. The van der Waals surface area contributed by atoms with Crippen LogP contribution >= 0.6 is 0 Å². The van der Waals surface area contributed by atoms with Gasteiger partial charge in [-0.1, -0.05) is 0 Å². The van der Waals surface area contributed by atoms with Gasteiger partial charge in [-0.2, -0.15) is 0 Å². The first-order valence-electron chi connectivity index (χ1n) is 2.55. The molecule has 9 heavy (non-hydrogen) atoms. The predicted octanol–water partition coefficient (Wildman–Crippen LogP) is -1.22. The molecule has 0 rings (SSSR count). The van der Waals surface area contributed by atoms with E-state index in [2.05, 4.69) is 6.72 Å². The molecule has 0 aliphatic heterocycles. The maximum absolute atomic E-state index is 9.92. The van der Waals surface area contributed by atoms with Crippen molar-refractivity contribution in [3.63, 3.8) is 0 Å². The van der Waals surface area contributed by atoms with Crippen molar-refractivity contribution in [1.82, 2.24) is 0 Å². The minimum Gasteiger partial charge on any atom is -0.477 e. The standard InChI is InChI=1S/C5H9NO3/c1-6(2-3-7)4-5(8)9/h7H,1-4H2/p+1. The molecule has 0 spiro atoms. The van der Waals surface area contributed by atoms with Crippen molar-refractivity contribution >= 4 is 12.7 Å². The molecule has 0 unspecified atom stereocenters. The summed E-state index contributed by atoms with van der Waals surface area (Å²) in [7, 11) is 0. The summed E-state index contributed by atoms with van der Waals surface area (Å²) < 4.78 is 1.28. The lowest BCUT2D eigenvalue weighted by molar-refractivity contribution is -0.512. The van der Waals surface area contributed by atoms with Crippen LogP contribution in [0, 0.1) is 0 Å². The zero-order valence-electron chi connectivity index (χ0n) is 5.08. The number of aliphatic carboxylic acids is 1. The zero-order valence-corrected chi connectivity index (χ0v) is 5.08. The Hall–Kier alpha value is -0.900. The monoisotopic (exact) mass is 132 g/mol. The topological polar surface area (TPSA) is 60.5 Å². The van der Waals surface area contributed by atoms with Crippen molar-refractivity contribution in [3.05, 3.63) is 0 Å². The molecule has 0 heterocycles. The average molecular weight is 132 g/mol. The zero-order chi connectivity index (χ0) is 7.28. The van der Waals surface area contributed by atoms with E-state index in [1.54, 1.807) is 0 Å². The molecule has 0 amide bonds. The number of carboxylic acids is 1. The van der Waals surface area contributed by atoms with E-state index in [4.69, 9.17) is 10.2 Å². The van der Waals surface area contributed by atoms with E-state index < -0.39 is 5.97 Å². The van der Waals surface area contributed by atoms with Gasteiger partial charge in [0.25, 0.3) is 0 Å². The Balaban J connectivity index is 3.39. The van der Waals surface area contributed by atoms with Gasteiger partial charge in [-0.3, -0.25) is 0 Å². The summed E-state index contributed by atoms with van der Waals surface area (Å²) in [6, 6.07) is 0. The average Bonchev–Trinajstić information content (AvgIpc) is 1.63. The fourth-order valence-electron chi connectivity index (χ4n) is 0.412. The Morgan fingerprint density at radius 1 is 1.67 bits per heavy atom. The van der Waals surface area contributed by atoms with Gasteiger partial charge >= 0.3 is 5.97 Å². The predicted molar refractivity (Wildman–Crippen MR) is 31.8 cm³/mol. The fraction of sp³-hybridized carbons (Fsp3) is 0.600. The fourth-order valence-corrected chi connectivity index (χ4v) is 0.412. The first-order valence-corrected chi connectivity index (χ1v) is 2.55. The van der Waals surface area contributed by atoms with Crippen molar-refractivity contribution in [2.45, 2.75) is 0 Å². The Morgan fingerprint density at radius 2 is 2.22 bits per heavy atom. The van der Waals surface area contributed by atoms with Gasteiger partial charge in [0, 0.05) is 0 Å². The van der Waals surface area contributed by atoms with Crippen molar-refractivity contribution in [2.24, 2.45) is 0 Å². The van der Waals surface area contributed by atoms with Gasteiger partial charge in [-0.15, -0.1) is 0 Å². The first kappa shape index (κ1) is 8.10. The maximum Gasteiger partial charge on any atom is 0.369 e. The number of carboxylic acid groups (broad SMARTS) is 1. The molecule has 0 aliphatic carbocycles. The van der Waals surface area contributed by atoms with Crippen molar-refractivity contribution in [2.75, 3.05) is 19.7 Å². The number of aliphatic hydroxyl groups excluding tert-OH is 1. The number of hydrogen-bond acceptors (Lipinski definition) is 2. The molecule has 0 bridgehead atoms. The summed E-state index contributed by atoms with van der Waals surface area (Å²) in [5.74, 6) is -0.932. The van der Waals surface area contributed by atoms with Crippen LogP contribution in [0.5, 0.6) is 0 Å². The lowest BCUT2D eigenvalue weighted by Crippen LogP contribution is -2.21. The lowest BCUT2D eigenvalue weighted by Gasteiger charge is -1.92. The second-order valence-corrected chi connectivity index (χ2v) is 1.67. The SMILES string of the molecule is C=[N+](CCO)CC(=O)O. The second kappa shape index (κ2) is 4.03. The molecular formula is C5H10NO3+. The molecule has 0 aromatic heterocycles. The Kier molecular flexibility index (Phi) is 3.62. The molecule has 2 N–H and O–H groups in total. The van der Waals surface area contributed by atoms with Crippen LogP contribution in [0.3, 0.4) is 0 Å². The number of hydrogen-bond donors (Lipinski definition) is 2. The Labute approximate surface area is 53.1 Å². The van der Waals surface area contributed by atoms with Crippen LogP contribution in [0.15, 0.2) is 0 Å². The van der Waals surface area contributed by atoms with Crippen LogP contribution in [0.2, 0.25) is 0 Å².